The molecule has 0 saturated carbocycles. The molecule has 2 saturated heterocycles. The first kappa shape index (κ1) is 15.2. The van der Waals surface area contributed by atoms with Gasteiger partial charge in [0.05, 0.1) is 5.56 Å². The number of carbonyl (C=O) groups excluding carboxylic acids is 2. The number of ether oxygens (including phenoxy) is 1. The lowest BCUT2D eigenvalue weighted by Crippen LogP contribution is -2.45. The molecule has 4 nitrogen and oxygen atoms in total. The van der Waals surface area contributed by atoms with Crippen molar-refractivity contribution in [1.82, 2.24) is 4.90 Å². The van der Waals surface area contributed by atoms with E-state index < -0.39 is 0 Å². The first-order valence-electron chi connectivity index (χ1n) is 8.08. The van der Waals surface area contributed by atoms with Gasteiger partial charge in [-0.15, -0.1) is 0 Å². The van der Waals surface area contributed by atoms with Gasteiger partial charge in [0.1, 0.15) is 0 Å². The Morgan fingerprint density at radius 3 is 2.18 bits per heavy atom. The quantitative estimate of drug-likeness (QED) is 0.789. The Kier molecular flexibility index (Phi) is 4.30. The molecule has 2 aliphatic heterocycles. The Labute approximate surface area is 131 Å². The molecule has 0 unspecified atom stereocenters. The molecule has 0 radical (unpaired) electrons. The third kappa shape index (κ3) is 2.93. The summed E-state index contributed by atoms with van der Waals surface area (Å²) < 4.78 is 5.46. The van der Waals surface area contributed by atoms with E-state index in [1.807, 2.05) is 11.0 Å². The van der Waals surface area contributed by atoms with Crippen molar-refractivity contribution in [2.75, 3.05) is 26.3 Å². The van der Waals surface area contributed by atoms with Gasteiger partial charge in [0.25, 0.3) is 5.91 Å². The van der Waals surface area contributed by atoms with Crippen LogP contribution in [0.4, 0.5) is 0 Å². The SMILES string of the molecule is CC(=O)c1ccccc1C(=O)N1CCC2(CCOCC2)CC1. The summed E-state index contributed by atoms with van der Waals surface area (Å²) in [5, 5.41) is 0. The van der Waals surface area contributed by atoms with Crippen LogP contribution < -0.4 is 0 Å². The molecule has 0 aromatic heterocycles. The van der Waals surface area contributed by atoms with Crippen LogP contribution in [-0.4, -0.2) is 42.9 Å². The van der Waals surface area contributed by atoms with E-state index in [-0.39, 0.29) is 11.7 Å². The number of rotatable bonds is 2. The van der Waals surface area contributed by atoms with Gasteiger partial charge in [0.15, 0.2) is 5.78 Å². The second kappa shape index (κ2) is 6.21. The fourth-order valence-electron chi connectivity index (χ4n) is 3.64. The minimum absolute atomic E-state index is 0.00675. The maximum Gasteiger partial charge on any atom is 0.254 e. The number of ketones is 1. The van der Waals surface area contributed by atoms with Crippen molar-refractivity contribution in [1.29, 1.82) is 0 Å². The van der Waals surface area contributed by atoms with E-state index in [1.54, 1.807) is 18.2 Å². The molecule has 4 heteroatoms. The van der Waals surface area contributed by atoms with Crippen LogP contribution in [0, 0.1) is 5.41 Å². The van der Waals surface area contributed by atoms with Crippen molar-refractivity contribution < 1.29 is 14.3 Å². The van der Waals surface area contributed by atoms with Gasteiger partial charge < -0.3 is 9.64 Å². The minimum atomic E-state index is -0.0538. The average Bonchev–Trinajstić information content (AvgIpc) is 2.56. The molecule has 0 atom stereocenters. The van der Waals surface area contributed by atoms with Gasteiger partial charge in [-0.25, -0.2) is 0 Å². The summed E-state index contributed by atoms with van der Waals surface area (Å²) in [5.74, 6) is -0.0606. The summed E-state index contributed by atoms with van der Waals surface area (Å²) in [6.45, 7) is 4.78. The van der Waals surface area contributed by atoms with Crippen molar-refractivity contribution in [3.05, 3.63) is 35.4 Å². The summed E-state index contributed by atoms with van der Waals surface area (Å²) in [6, 6.07) is 7.13. The van der Waals surface area contributed by atoms with Gasteiger partial charge in [-0.05, 0) is 44.1 Å². The summed E-state index contributed by atoms with van der Waals surface area (Å²) >= 11 is 0. The molecule has 22 heavy (non-hydrogen) atoms. The van der Waals surface area contributed by atoms with Crippen LogP contribution in [0.5, 0.6) is 0 Å². The second-order valence-electron chi connectivity index (χ2n) is 6.51. The van der Waals surface area contributed by atoms with Crippen molar-refractivity contribution in [3.8, 4) is 0 Å². The van der Waals surface area contributed by atoms with Gasteiger partial charge >= 0.3 is 0 Å². The lowest BCUT2D eigenvalue weighted by molar-refractivity contribution is -0.0175. The Bertz CT molecular complexity index is 565. The smallest absolute Gasteiger partial charge is 0.254 e. The first-order chi connectivity index (χ1) is 10.6. The van der Waals surface area contributed by atoms with Gasteiger partial charge in [-0.3, -0.25) is 9.59 Å². The Balaban J connectivity index is 1.71. The zero-order chi connectivity index (χ0) is 15.6. The number of amides is 1. The highest BCUT2D eigenvalue weighted by Crippen LogP contribution is 2.40. The van der Waals surface area contributed by atoms with E-state index in [2.05, 4.69) is 0 Å². The van der Waals surface area contributed by atoms with Crippen molar-refractivity contribution in [3.63, 3.8) is 0 Å². The lowest BCUT2D eigenvalue weighted by atomic mass is 9.72. The fourth-order valence-corrected chi connectivity index (χ4v) is 3.64. The zero-order valence-corrected chi connectivity index (χ0v) is 13.1. The molecule has 1 aromatic rings. The van der Waals surface area contributed by atoms with Crippen LogP contribution in [0.25, 0.3) is 0 Å². The van der Waals surface area contributed by atoms with Crippen molar-refractivity contribution in [2.45, 2.75) is 32.6 Å². The molecule has 1 amide bonds. The Hall–Kier alpha value is -1.68. The Morgan fingerprint density at radius 1 is 1.00 bits per heavy atom. The van der Waals surface area contributed by atoms with Crippen LogP contribution in [0.1, 0.15) is 53.3 Å². The highest BCUT2D eigenvalue weighted by atomic mass is 16.5. The van der Waals surface area contributed by atoms with E-state index in [9.17, 15) is 9.59 Å². The van der Waals surface area contributed by atoms with Gasteiger partial charge in [0.2, 0.25) is 0 Å². The average molecular weight is 301 g/mol. The van der Waals surface area contributed by atoms with Crippen LogP contribution in [0.3, 0.4) is 0 Å². The number of piperidine rings is 1. The molecule has 0 aliphatic carbocycles. The molecule has 0 bridgehead atoms. The van der Waals surface area contributed by atoms with Crippen LogP contribution in [0.2, 0.25) is 0 Å². The molecular formula is C18H23NO3. The number of hydrogen-bond donors (Lipinski definition) is 0. The van der Waals surface area contributed by atoms with Crippen molar-refractivity contribution >= 4 is 11.7 Å². The number of benzene rings is 1. The lowest BCUT2D eigenvalue weighted by Gasteiger charge is -2.44. The van der Waals surface area contributed by atoms with Crippen LogP contribution in [0.15, 0.2) is 24.3 Å². The van der Waals surface area contributed by atoms with Gasteiger partial charge in [-0.2, -0.15) is 0 Å². The summed E-state index contributed by atoms with van der Waals surface area (Å²) in [4.78, 5) is 26.4. The van der Waals surface area contributed by atoms with Gasteiger partial charge in [0, 0.05) is 31.9 Å². The van der Waals surface area contributed by atoms with E-state index in [4.69, 9.17) is 4.74 Å². The van der Waals surface area contributed by atoms with Gasteiger partial charge in [-0.1, -0.05) is 18.2 Å². The molecule has 0 N–H and O–H groups in total. The molecule has 3 rings (SSSR count). The molecule has 2 heterocycles. The van der Waals surface area contributed by atoms with Crippen LogP contribution >= 0.6 is 0 Å². The summed E-state index contributed by atoms with van der Waals surface area (Å²) in [6.07, 6.45) is 4.31. The van der Waals surface area contributed by atoms with E-state index >= 15 is 0 Å². The predicted octanol–water partition coefficient (Wildman–Crippen LogP) is 2.92. The monoisotopic (exact) mass is 301 g/mol. The summed E-state index contributed by atoms with van der Waals surface area (Å²) in [5.41, 5.74) is 1.44. The third-order valence-electron chi connectivity index (χ3n) is 5.20. The zero-order valence-electron chi connectivity index (χ0n) is 13.1. The fraction of sp³-hybridized carbons (Fsp3) is 0.556. The topological polar surface area (TPSA) is 46.6 Å². The molecule has 118 valence electrons. The molecular weight excluding hydrogens is 278 g/mol. The highest BCUT2D eigenvalue weighted by molar-refractivity contribution is 6.07. The van der Waals surface area contributed by atoms with E-state index in [0.29, 0.717) is 16.5 Å². The predicted molar refractivity (Wildman–Crippen MR) is 84.1 cm³/mol. The third-order valence-corrected chi connectivity index (χ3v) is 5.20. The normalized spacial score (nSPS) is 20.9. The number of Topliss-reactive ketones (excluding diaryl/α,β-unsaturated/α-hetero) is 1. The maximum absolute atomic E-state index is 12.7. The van der Waals surface area contributed by atoms with E-state index in [0.717, 1.165) is 52.0 Å². The number of hydrogen-bond acceptors (Lipinski definition) is 3. The number of carbonyl (C=O) groups is 2. The molecule has 2 fully saturated rings. The van der Waals surface area contributed by atoms with Crippen molar-refractivity contribution in [2.24, 2.45) is 5.41 Å². The maximum atomic E-state index is 12.7. The minimum Gasteiger partial charge on any atom is -0.381 e. The highest BCUT2D eigenvalue weighted by Gasteiger charge is 2.37. The standard InChI is InChI=1S/C18H23NO3/c1-14(20)15-4-2-3-5-16(15)17(21)19-10-6-18(7-11-19)8-12-22-13-9-18/h2-5H,6-13H2,1H3. The molecule has 1 aromatic carbocycles. The Morgan fingerprint density at radius 2 is 1.59 bits per heavy atom. The van der Waals surface area contributed by atoms with E-state index in [1.165, 1.54) is 6.92 Å². The first-order valence-corrected chi connectivity index (χ1v) is 8.08. The number of likely N-dealkylation sites (tertiary alicyclic amines) is 1. The largest absolute Gasteiger partial charge is 0.381 e. The second-order valence-corrected chi connectivity index (χ2v) is 6.51. The summed E-state index contributed by atoms with van der Waals surface area (Å²) in [7, 11) is 0. The van der Waals surface area contributed by atoms with Crippen LogP contribution in [-0.2, 0) is 4.74 Å². The molecule has 2 aliphatic rings. The number of nitrogens with zero attached hydrogens (tertiary/aromatic N) is 1. The molecule has 1 spiro atoms.